The van der Waals surface area contributed by atoms with Crippen molar-refractivity contribution in [2.75, 3.05) is 18.7 Å². The molecule has 3 aromatic rings. The lowest BCUT2D eigenvalue weighted by molar-refractivity contribution is 0.174. The highest BCUT2D eigenvalue weighted by molar-refractivity contribution is 5.89. The zero-order valence-electron chi connectivity index (χ0n) is 17.8. The van der Waals surface area contributed by atoms with Crippen LogP contribution in [-0.2, 0) is 12.8 Å². The summed E-state index contributed by atoms with van der Waals surface area (Å²) < 4.78 is 29.6. The van der Waals surface area contributed by atoms with Crippen LogP contribution < -0.4 is 24.8 Å². The van der Waals surface area contributed by atoms with E-state index in [1.807, 2.05) is 37.3 Å². The number of hydrogen-bond donors (Lipinski definition) is 2. The molecule has 6 nitrogen and oxygen atoms in total. The fraction of sp³-hybridized carbons (Fsp3) is 0.240. The molecular weight excluding hydrogens is 411 g/mol. The third kappa shape index (κ3) is 5.69. The first kappa shape index (κ1) is 21.5. The van der Waals surface area contributed by atoms with Crippen LogP contribution in [0.4, 0.5) is 14.9 Å². The molecule has 1 atom stereocenters. The summed E-state index contributed by atoms with van der Waals surface area (Å²) in [5.74, 6) is 1.87. The zero-order valence-corrected chi connectivity index (χ0v) is 17.8. The first-order chi connectivity index (χ1) is 15.6. The molecule has 0 saturated heterocycles. The van der Waals surface area contributed by atoms with Gasteiger partial charge in [0.2, 0.25) is 6.79 Å². The van der Waals surface area contributed by atoms with Gasteiger partial charge in [-0.15, -0.1) is 0 Å². The minimum atomic E-state index is -0.318. The number of halogens is 1. The van der Waals surface area contributed by atoms with Crippen molar-refractivity contribution in [1.82, 2.24) is 5.32 Å². The Balaban J connectivity index is 1.45. The quantitative estimate of drug-likeness (QED) is 0.526. The van der Waals surface area contributed by atoms with Crippen molar-refractivity contribution >= 4 is 11.7 Å². The van der Waals surface area contributed by atoms with Crippen LogP contribution in [0.1, 0.15) is 18.1 Å². The van der Waals surface area contributed by atoms with Gasteiger partial charge in [-0.25, -0.2) is 9.18 Å². The lowest BCUT2D eigenvalue weighted by Crippen LogP contribution is -2.40. The fourth-order valence-corrected chi connectivity index (χ4v) is 3.59. The van der Waals surface area contributed by atoms with Gasteiger partial charge < -0.3 is 24.8 Å². The summed E-state index contributed by atoms with van der Waals surface area (Å²) in [4.78, 5) is 12.7. The number of nitrogens with one attached hydrogen (secondary N) is 2. The van der Waals surface area contributed by atoms with Crippen LogP contribution in [-0.4, -0.2) is 25.5 Å². The molecule has 7 heteroatoms. The van der Waals surface area contributed by atoms with Crippen LogP contribution in [0.5, 0.6) is 17.2 Å². The Morgan fingerprint density at radius 3 is 2.41 bits per heavy atom. The molecule has 32 heavy (non-hydrogen) atoms. The number of benzene rings is 3. The van der Waals surface area contributed by atoms with Gasteiger partial charge in [0.25, 0.3) is 0 Å². The average Bonchev–Trinajstić information content (AvgIpc) is 3.25. The Hall–Kier alpha value is -3.74. The van der Waals surface area contributed by atoms with Crippen LogP contribution in [0.15, 0.2) is 66.7 Å². The first-order valence-electron chi connectivity index (χ1n) is 10.5. The van der Waals surface area contributed by atoms with E-state index >= 15 is 0 Å². The smallest absolute Gasteiger partial charge is 0.319 e. The molecular formula is C25H25FN2O4. The van der Waals surface area contributed by atoms with Gasteiger partial charge in [-0.05, 0) is 79.4 Å². The Bertz CT molecular complexity index is 1050. The Labute approximate surface area is 186 Å². The van der Waals surface area contributed by atoms with Crippen molar-refractivity contribution in [2.24, 2.45) is 0 Å². The third-order valence-electron chi connectivity index (χ3n) is 5.07. The van der Waals surface area contributed by atoms with Crippen molar-refractivity contribution in [1.29, 1.82) is 0 Å². The van der Waals surface area contributed by atoms with Crippen LogP contribution in [0.3, 0.4) is 0 Å². The summed E-state index contributed by atoms with van der Waals surface area (Å²) in [7, 11) is 0. The van der Waals surface area contributed by atoms with Crippen molar-refractivity contribution in [3.63, 3.8) is 0 Å². The van der Waals surface area contributed by atoms with Gasteiger partial charge in [0.05, 0.1) is 6.61 Å². The van der Waals surface area contributed by atoms with E-state index in [4.69, 9.17) is 14.2 Å². The molecule has 0 unspecified atom stereocenters. The van der Waals surface area contributed by atoms with Gasteiger partial charge in [-0.3, -0.25) is 0 Å². The van der Waals surface area contributed by atoms with Gasteiger partial charge in [0, 0.05) is 11.7 Å². The number of amides is 2. The van der Waals surface area contributed by atoms with E-state index in [0.29, 0.717) is 36.6 Å². The number of fused-ring (bicyclic) bond motifs is 1. The predicted molar refractivity (Wildman–Crippen MR) is 120 cm³/mol. The van der Waals surface area contributed by atoms with E-state index in [-0.39, 0.29) is 24.7 Å². The van der Waals surface area contributed by atoms with Gasteiger partial charge >= 0.3 is 6.03 Å². The molecule has 0 radical (unpaired) electrons. The summed E-state index contributed by atoms with van der Waals surface area (Å²) in [6, 6.07) is 18.7. The molecule has 4 rings (SSSR count). The molecule has 0 bridgehead atoms. The maximum atomic E-state index is 13.3. The topological polar surface area (TPSA) is 68.8 Å². The number of hydrogen-bond acceptors (Lipinski definition) is 4. The van der Waals surface area contributed by atoms with Crippen LogP contribution in [0.2, 0.25) is 0 Å². The molecule has 0 aliphatic carbocycles. The maximum absolute atomic E-state index is 13.3. The normalized spacial score (nSPS) is 12.8. The fourth-order valence-electron chi connectivity index (χ4n) is 3.59. The van der Waals surface area contributed by atoms with Gasteiger partial charge in [0.15, 0.2) is 11.5 Å². The van der Waals surface area contributed by atoms with E-state index in [0.717, 1.165) is 16.9 Å². The molecule has 2 amide bonds. The second kappa shape index (κ2) is 10.0. The number of ether oxygens (including phenoxy) is 3. The molecule has 2 N–H and O–H groups in total. The lowest BCUT2D eigenvalue weighted by atomic mass is 9.98. The Morgan fingerprint density at radius 1 is 0.969 bits per heavy atom. The molecule has 0 fully saturated rings. The predicted octanol–water partition coefficient (Wildman–Crippen LogP) is 4.93. The van der Waals surface area contributed by atoms with Gasteiger partial charge in [-0.1, -0.05) is 18.2 Å². The molecule has 0 saturated carbocycles. The van der Waals surface area contributed by atoms with E-state index in [9.17, 15) is 9.18 Å². The van der Waals surface area contributed by atoms with Gasteiger partial charge in [-0.2, -0.15) is 0 Å². The lowest BCUT2D eigenvalue weighted by Gasteiger charge is -2.20. The van der Waals surface area contributed by atoms with Gasteiger partial charge in [0.1, 0.15) is 11.6 Å². The summed E-state index contributed by atoms with van der Waals surface area (Å²) in [5, 5.41) is 5.89. The Morgan fingerprint density at radius 2 is 1.66 bits per heavy atom. The number of rotatable bonds is 8. The third-order valence-corrected chi connectivity index (χ3v) is 5.07. The molecule has 166 valence electrons. The minimum absolute atomic E-state index is 0.209. The summed E-state index contributed by atoms with van der Waals surface area (Å²) in [6.07, 6.45) is 1.12. The maximum Gasteiger partial charge on any atom is 0.319 e. The number of carbonyl (C=O) groups is 1. The molecule has 1 aliphatic heterocycles. The standard InChI is InChI=1S/C25H25FN2O4/c1-2-30-22-10-8-20(9-11-22)27-25(29)28-21(13-17-3-6-19(26)7-4-17)14-18-5-12-23-24(15-18)32-16-31-23/h3-12,15,21H,2,13-14,16H2,1H3,(H2,27,28,29)/t21-/m0/s1. The van der Waals surface area contributed by atoms with Crippen LogP contribution >= 0.6 is 0 Å². The van der Waals surface area contributed by atoms with E-state index < -0.39 is 0 Å². The molecule has 1 heterocycles. The monoisotopic (exact) mass is 436 g/mol. The average molecular weight is 436 g/mol. The second-order valence-electron chi connectivity index (χ2n) is 7.48. The van der Waals surface area contributed by atoms with E-state index in [1.54, 1.807) is 24.3 Å². The van der Waals surface area contributed by atoms with E-state index in [2.05, 4.69) is 10.6 Å². The zero-order chi connectivity index (χ0) is 22.3. The number of urea groups is 1. The minimum Gasteiger partial charge on any atom is -0.494 e. The highest BCUT2D eigenvalue weighted by Gasteiger charge is 2.18. The largest absolute Gasteiger partial charge is 0.494 e. The van der Waals surface area contributed by atoms with Crippen molar-refractivity contribution in [3.8, 4) is 17.2 Å². The first-order valence-corrected chi connectivity index (χ1v) is 10.5. The van der Waals surface area contributed by atoms with Crippen LogP contribution in [0, 0.1) is 5.82 Å². The molecule has 1 aliphatic rings. The summed E-state index contributed by atoms with van der Waals surface area (Å²) in [5.41, 5.74) is 2.59. The van der Waals surface area contributed by atoms with Crippen molar-refractivity contribution in [2.45, 2.75) is 25.8 Å². The number of carbonyl (C=O) groups excluding carboxylic acids is 1. The highest BCUT2D eigenvalue weighted by Crippen LogP contribution is 2.33. The summed E-state index contributed by atoms with van der Waals surface area (Å²) >= 11 is 0. The molecule has 3 aromatic carbocycles. The highest BCUT2D eigenvalue weighted by atomic mass is 19.1. The van der Waals surface area contributed by atoms with Crippen LogP contribution in [0.25, 0.3) is 0 Å². The molecule has 0 aromatic heterocycles. The van der Waals surface area contributed by atoms with Crippen molar-refractivity contribution < 1.29 is 23.4 Å². The van der Waals surface area contributed by atoms with E-state index in [1.165, 1.54) is 12.1 Å². The second-order valence-corrected chi connectivity index (χ2v) is 7.48. The van der Waals surface area contributed by atoms with Crippen molar-refractivity contribution in [3.05, 3.63) is 83.7 Å². The summed E-state index contributed by atoms with van der Waals surface area (Å²) in [6.45, 7) is 2.71. The molecule has 0 spiro atoms. The number of anilines is 1. The Kier molecular flexibility index (Phi) is 6.75. The SMILES string of the molecule is CCOc1ccc(NC(=O)N[C@@H](Cc2ccc(F)cc2)Cc2ccc3c(c2)OCO3)cc1.